The van der Waals surface area contributed by atoms with Crippen LogP contribution in [0.3, 0.4) is 0 Å². The number of carboxylic acids is 1. The SMILES string of the molecule is O=C(O)c1ccc2c(c1)CCC(=O)N2Cc1ccno1. The Morgan fingerprint density at radius 2 is 2.20 bits per heavy atom. The first-order valence-electron chi connectivity index (χ1n) is 6.21. The molecule has 0 unspecified atom stereocenters. The monoisotopic (exact) mass is 272 g/mol. The normalized spacial score (nSPS) is 14.2. The minimum Gasteiger partial charge on any atom is -0.478 e. The minimum absolute atomic E-state index is 0.00280. The van der Waals surface area contributed by atoms with Gasteiger partial charge in [0.2, 0.25) is 5.91 Å². The summed E-state index contributed by atoms with van der Waals surface area (Å²) in [6, 6.07) is 6.50. The standard InChI is InChI=1S/C14H12N2O4/c17-13-4-2-9-7-10(14(18)19)1-3-12(9)16(13)8-11-5-6-15-20-11/h1,3,5-7H,2,4,8H2,(H,18,19). The summed E-state index contributed by atoms with van der Waals surface area (Å²) in [6.07, 6.45) is 2.45. The van der Waals surface area contributed by atoms with Crippen molar-refractivity contribution in [3.05, 3.63) is 47.3 Å². The Morgan fingerprint density at radius 1 is 1.35 bits per heavy atom. The highest BCUT2D eigenvalue weighted by atomic mass is 16.5. The Bertz CT molecular complexity index is 664. The summed E-state index contributed by atoms with van der Waals surface area (Å²) < 4.78 is 5.02. The molecule has 1 aliphatic heterocycles. The van der Waals surface area contributed by atoms with Gasteiger partial charge in [-0.3, -0.25) is 4.79 Å². The van der Waals surface area contributed by atoms with Gasteiger partial charge in [0.05, 0.1) is 18.3 Å². The van der Waals surface area contributed by atoms with Gasteiger partial charge < -0.3 is 14.5 Å². The van der Waals surface area contributed by atoms with Crippen molar-refractivity contribution < 1.29 is 19.2 Å². The number of carbonyl (C=O) groups is 2. The third kappa shape index (κ3) is 2.16. The van der Waals surface area contributed by atoms with Crippen LogP contribution in [0, 0.1) is 0 Å². The predicted octanol–water partition coefficient (Wildman–Crippen LogP) is 1.85. The van der Waals surface area contributed by atoms with Gasteiger partial charge in [0.15, 0.2) is 5.76 Å². The number of aryl methyl sites for hydroxylation is 1. The number of rotatable bonds is 3. The molecule has 102 valence electrons. The maximum absolute atomic E-state index is 12.0. The van der Waals surface area contributed by atoms with Crippen LogP contribution < -0.4 is 4.90 Å². The van der Waals surface area contributed by atoms with Gasteiger partial charge in [-0.05, 0) is 30.2 Å². The molecule has 0 radical (unpaired) electrons. The first-order valence-corrected chi connectivity index (χ1v) is 6.21. The number of nitrogens with zero attached hydrogens (tertiary/aromatic N) is 2. The fraction of sp³-hybridized carbons (Fsp3) is 0.214. The molecule has 6 nitrogen and oxygen atoms in total. The molecule has 0 bridgehead atoms. The van der Waals surface area contributed by atoms with E-state index >= 15 is 0 Å². The minimum atomic E-state index is -0.966. The quantitative estimate of drug-likeness (QED) is 0.921. The van der Waals surface area contributed by atoms with Crippen LogP contribution >= 0.6 is 0 Å². The molecule has 3 rings (SSSR count). The molecule has 0 saturated carbocycles. The van der Waals surface area contributed by atoms with Gasteiger partial charge in [0.1, 0.15) is 0 Å². The topological polar surface area (TPSA) is 83.6 Å². The number of hydrogen-bond acceptors (Lipinski definition) is 4. The third-order valence-electron chi connectivity index (χ3n) is 3.33. The molecule has 0 fully saturated rings. The van der Waals surface area contributed by atoms with Gasteiger partial charge in [-0.2, -0.15) is 0 Å². The van der Waals surface area contributed by atoms with E-state index in [2.05, 4.69) is 5.16 Å². The second kappa shape index (κ2) is 4.80. The van der Waals surface area contributed by atoms with Crippen molar-refractivity contribution in [1.82, 2.24) is 5.16 Å². The molecule has 1 aromatic carbocycles. The number of fused-ring (bicyclic) bond motifs is 1. The van der Waals surface area contributed by atoms with Crippen LogP contribution in [0.25, 0.3) is 0 Å². The summed E-state index contributed by atoms with van der Waals surface area (Å²) in [5, 5.41) is 12.6. The van der Waals surface area contributed by atoms with E-state index in [-0.39, 0.29) is 11.5 Å². The molecular formula is C14H12N2O4. The van der Waals surface area contributed by atoms with Crippen molar-refractivity contribution in [3.63, 3.8) is 0 Å². The smallest absolute Gasteiger partial charge is 0.335 e. The van der Waals surface area contributed by atoms with E-state index in [0.717, 1.165) is 11.3 Å². The lowest BCUT2D eigenvalue weighted by molar-refractivity contribution is -0.119. The molecule has 0 aliphatic carbocycles. The molecule has 0 saturated heterocycles. The largest absolute Gasteiger partial charge is 0.478 e. The number of anilines is 1. The highest BCUT2D eigenvalue weighted by molar-refractivity contribution is 5.97. The molecule has 1 aliphatic rings. The number of aromatic carboxylic acids is 1. The Hall–Kier alpha value is -2.63. The molecule has 0 atom stereocenters. The maximum atomic E-state index is 12.0. The van der Waals surface area contributed by atoms with Gasteiger partial charge in [0.25, 0.3) is 0 Å². The predicted molar refractivity (Wildman–Crippen MR) is 69.4 cm³/mol. The Kier molecular flexibility index (Phi) is 2.98. The van der Waals surface area contributed by atoms with Gasteiger partial charge >= 0.3 is 5.97 Å². The van der Waals surface area contributed by atoms with Crippen molar-refractivity contribution in [2.24, 2.45) is 0 Å². The van der Waals surface area contributed by atoms with E-state index < -0.39 is 5.97 Å². The molecule has 0 spiro atoms. The van der Waals surface area contributed by atoms with Crippen LogP contribution in [0.1, 0.15) is 28.1 Å². The molecule has 2 aromatic rings. The summed E-state index contributed by atoms with van der Waals surface area (Å²) >= 11 is 0. The van der Waals surface area contributed by atoms with Gasteiger partial charge in [0, 0.05) is 18.2 Å². The molecule has 2 heterocycles. The van der Waals surface area contributed by atoms with E-state index in [0.29, 0.717) is 25.1 Å². The average Bonchev–Trinajstić information content (AvgIpc) is 2.94. The van der Waals surface area contributed by atoms with Crippen molar-refractivity contribution >= 4 is 17.6 Å². The highest BCUT2D eigenvalue weighted by Crippen LogP contribution is 2.30. The third-order valence-corrected chi connectivity index (χ3v) is 3.33. The van der Waals surface area contributed by atoms with Crippen molar-refractivity contribution in [1.29, 1.82) is 0 Å². The summed E-state index contributed by atoms with van der Waals surface area (Å²) in [5.41, 5.74) is 1.84. The van der Waals surface area contributed by atoms with E-state index in [1.165, 1.54) is 12.3 Å². The molecule has 1 amide bonds. The molecule has 6 heteroatoms. The second-order valence-electron chi connectivity index (χ2n) is 4.61. The molecular weight excluding hydrogens is 260 g/mol. The number of amides is 1. The lowest BCUT2D eigenvalue weighted by Crippen LogP contribution is -2.34. The first kappa shape index (κ1) is 12.4. The fourth-order valence-corrected chi connectivity index (χ4v) is 2.35. The first-order chi connectivity index (χ1) is 9.65. The van der Waals surface area contributed by atoms with E-state index in [4.69, 9.17) is 9.63 Å². The number of hydrogen-bond donors (Lipinski definition) is 1. The van der Waals surface area contributed by atoms with E-state index in [1.807, 2.05) is 0 Å². The maximum Gasteiger partial charge on any atom is 0.335 e. The lowest BCUT2D eigenvalue weighted by atomic mass is 9.98. The summed E-state index contributed by atoms with van der Waals surface area (Å²) in [6.45, 7) is 0.304. The molecule has 1 N–H and O–H groups in total. The number of carboxylic acid groups (broad SMARTS) is 1. The molecule has 20 heavy (non-hydrogen) atoms. The van der Waals surface area contributed by atoms with Crippen molar-refractivity contribution in [2.75, 3.05) is 4.90 Å². The number of carbonyl (C=O) groups excluding carboxylic acids is 1. The Morgan fingerprint density at radius 3 is 2.90 bits per heavy atom. The van der Waals surface area contributed by atoms with Crippen LogP contribution in [-0.2, 0) is 17.8 Å². The zero-order valence-electron chi connectivity index (χ0n) is 10.6. The summed E-state index contributed by atoms with van der Waals surface area (Å²) in [5.74, 6) is -0.378. The fourth-order valence-electron chi connectivity index (χ4n) is 2.35. The van der Waals surface area contributed by atoms with Crippen LogP contribution in [-0.4, -0.2) is 22.1 Å². The highest BCUT2D eigenvalue weighted by Gasteiger charge is 2.25. The van der Waals surface area contributed by atoms with Crippen LogP contribution in [0.15, 0.2) is 35.0 Å². The average molecular weight is 272 g/mol. The Balaban J connectivity index is 1.96. The number of aromatic nitrogens is 1. The van der Waals surface area contributed by atoms with Gasteiger partial charge in [-0.15, -0.1) is 0 Å². The second-order valence-corrected chi connectivity index (χ2v) is 4.61. The zero-order chi connectivity index (χ0) is 14.1. The molecule has 1 aromatic heterocycles. The van der Waals surface area contributed by atoms with E-state index in [1.54, 1.807) is 23.1 Å². The zero-order valence-corrected chi connectivity index (χ0v) is 10.6. The van der Waals surface area contributed by atoms with Gasteiger partial charge in [-0.1, -0.05) is 5.16 Å². The summed E-state index contributed by atoms with van der Waals surface area (Å²) in [7, 11) is 0. The Labute approximate surface area is 114 Å². The van der Waals surface area contributed by atoms with Crippen LogP contribution in [0.2, 0.25) is 0 Å². The van der Waals surface area contributed by atoms with E-state index in [9.17, 15) is 9.59 Å². The van der Waals surface area contributed by atoms with Gasteiger partial charge in [-0.25, -0.2) is 4.79 Å². The van der Waals surface area contributed by atoms with Crippen molar-refractivity contribution in [2.45, 2.75) is 19.4 Å². The van der Waals surface area contributed by atoms with Crippen LogP contribution in [0.4, 0.5) is 5.69 Å². The van der Waals surface area contributed by atoms with Crippen molar-refractivity contribution in [3.8, 4) is 0 Å². The van der Waals surface area contributed by atoms with Crippen LogP contribution in [0.5, 0.6) is 0 Å². The lowest BCUT2D eigenvalue weighted by Gasteiger charge is -2.28. The summed E-state index contributed by atoms with van der Waals surface area (Å²) in [4.78, 5) is 24.6. The number of benzene rings is 1.